The Labute approximate surface area is 145 Å². The van der Waals surface area contributed by atoms with E-state index >= 15 is 0 Å². The van der Waals surface area contributed by atoms with Crippen molar-refractivity contribution in [2.24, 2.45) is 17.1 Å². The van der Waals surface area contributed by atoms with E-state index in [1.54, 1.807) is 0 Å². The Kier molecular flexibility index (Phi) is 9.20. The quantitative estimate of drug-likeness (QED) is 0.404. The summed E-state index contributed by atoms with van der Waals surface area (Å²) >= 11 is 0. The maximum Gasteiger partial charge on any atom is 0.0252 e. The number of hydrogen-bond donors (Lipinski definition) is 1. The normalized spacial score (nSPS) is 22.5. The fourth-order valence-electron chi connectivity index (χ4n) is 4.41. The van der Waals surface area contributed by atoms with E-state index in [4.69, 9.17) is 5.73 Å². The van der Waals surface area contributed by atoms with Crippen LogP contribution in [0.15, 0.2) is 18.2 Å². The van der Waals surface area contributed by atoms with Crippen molar-refractivity contribution in [3.63, 3.8) is 0 Å². The van der Waals surface area contributed by atoms with E-state index in [1.807, 2.05) is 0 Å². The van der Waals surface area contributed by atoms with E-state index in [-0.39, 0.29) is 11.0 Å². The molecule has 0 aromatic rings. The Hall–Kier alpha value is -0.560. The highest BCUT2D eigenvalue weighted by molar-refractivity contribution is 5.22. The van der Waals surface area contributed by atoms with Gasteiger partial charge in [0, 0.05) is 11.0 Å². The Morgan fingerprint density at radius 1 is 1.04 bits per heavy atom. The summed E-state index contributed by atoms with van der Waals surface area (Å²) in [5.41, 5.74) is 7.23. The van der Waals surface area contributed by atoms with Crippen molar-refractivity contribution in [3.8, 4) is 0 Å². The van der Waals surface area contributed by atoms with Crippen LogP contribution in [0.2, 0.25) is 0 Å². The van der Waals surface area contributed by atoms with E-state index in [1.165, 1.54) is 51.4 Å². The van der Waals surface area contributed by atoms with Crippen molar-refractivity contribution in [2.45, 2.75) is 104 Å². The second-order valence-corrected chi connectivity index (χ2v) is 7.71. The van der Waals surface area contributed by atoms with Gasteiger partial charge in [0.15, 0.2) is 0 Å². The molecule has 1 radical (unpaired) electrons. The zero-order valence-corrected chi connectivity index (χ0v) is 16.2. The molecule has 0 aromatic heterocycles. The average Bonchev–Trinajstić information content (AvgIpc) is 2.56. The lowest BCUT2D eigenvalue weighted by Gasteiger charge is -2.52. The Balaban J connectivity index is 3.04. The van der Waals surface area contributed by atoms with Gasteiger partial charge in [-0.3, -0.25) is 0 Å². The van der Waals surface area contributed by atoms with Crippen LogP contribution in [0, 0.1) is 17.4 Å². The van der Waals surface area contributed by atoms with Gasteiger partial charge in [0.25, 0.3) is 0 Å². The van der Waals surface area contributed by atoms with E-state index in [2.05, 4.69) is 52.0 Å². The first kappa shape index (κ1) is 20.5. The van der Waals surface area contributed by atoms with Crippen LogP contribution in [0.4, 0.5) is 0 Å². The Morgan fingerprint density at radius 2 is 1.65 bits per heavy atom. The minimum atomic E-state index is -0.0797. The minimum Gasteiger partial charge on any atom is -0.324 e. The number of allylic oxidation sites excluding steroid dienone is 3. The SMILES string of the molecule is CCCCCC(N)(CCCCC)C1(C(C)CCC)C=CC=[C]C1. The molecule has 0 aromatic carbocycles. The first-order valence-corrected chi connectivity index (χ1v) is 10.1. The summed E-state index contributed by atoms with van der Waals surface area (Å²) < 4.78 is 0. The maximum atomic E-state index is 7.22. The highest BCUT2D eigenvalue weighted by atomic mass is 14.8. The molecule has 1 heteroatoms. The minimum absolute atomic E-state index is 0.0797. The molecule has 1 aliphatic rings. The first-order chi connectivity index (χ1) is 11.1. The third kappa shape index (κ3) is 5.21. The maximum absolute atomic E-state index is 7.22. The van der Waals surface area contributed by atoms with Crippen molar-refractivity contribution < 1.29 is 0 Å². The monoisotopic (exact) mass is 318 g/mol. The molecule has 1 aliphatic carbocycles. The predicted molar refractivity (Wildman–Crippen MR) is 103 cm³/mol. The lowest BCUT2D eigenvalue weighted by molar-refractivity contribution is 0.0767. The number of hydrogen-bond acceptors (Lipinski definition) is 1. The molecule has 23 heavy (non-hydrogen) atoms. The van der Waals surface area contributed by atoms with Gasteiger partial charge in [0.1, 0.15) is 0 Å². The molecule has 133 valence electrons. The van der Waals surface area contributed by atoms with Gasteiger partial charge in [-0.1, -0.05) is 97.3 Å². The molecule has 0 fully saturated rings. The molecule has 0 aliphatic heterocycles. The van der Waals surface area contributed by atoms with Crippen molar-refractivity contribution >= 4 is 0 Å². The molecule has 0 spiro atoms. The molecule has 2 unspecified atom stereocenters. The van der Waals surface area contributed by atoms with Crippen LogP contribution in [0.1, 0.15) is 98.3 Å². The van der Waals surface area contributed by atoms with Crippen LogP contribution in [0.25, 0.3) is 0 Å². The van der Waals surface area contributed by atoms with Crippen molar-refractivity contribution in [2.75, 3.05) is 0 Å². The molecular weight excluding hydrogens is 278 g/mol. The second kappa shape index (κ2) is 10.3. The number of unbranched alkanes of at least 4 members (excludes halogenated alkanes) is 4. The summed E-state index contributed by atoms with van der Waals surface area (Å²) in [6.45, 7) is 9.27. The van der Waals surface area contributed by atoms with Crippen molar-refractivity contribution in [1.82, 2.24) is 0 Å². The van der Waals surface area contributed by atoms with Gasteiger partial charge in [-0.15, -0.1) is 0 Å². The highest BCUT2D eigenvalue weighted by Gasteiger charge is 2.48. The standard InChI is InChI=1S/C22H40N/c1-5-8-11-18-22(23,19-12-9-6-2)21(20(4)15-7-3)16-13-10-14-17-21/h10,13,16,20H,5-9,11-12,15,17-19,23H2,1-4H3. The Bertz CT molecular complexity index is 358. The molecule has 0 saturated carbocycles. The lowest BCUT2D eigenvalue weighted by atomic mass is 9.56. The zero-order chi connectivity index (χ0) is 17.2. The zero-order valence-electron chi connectivity index (χ0n) is 16.2. The van der Waals surface area contributed by atoms with Gasteiger partial charge in [0.2, 0.25) is 0 Å². The van der Waals surface area contributed by atoms with Gasteiger partial charge in [-0.05, 0) is 31.3 Å². The van der Waals surface area contributed by atoms with E-state index < -0.39 is 0 Å². The van der Waals surface area contributed by atoms with Crippen LogP contribution in [-0.4, -0.2) is 5.54 Å². The predicted octanol–water partition coefficient (Wildman–Crippen LogP) is 6.59. The summed E-state index contributed by atoms with van der Waals surface area (Å²) in [6, 6.07) is 0. The molecule has 0 bridgehead atoms. The fourth-order valence-corrected chi connectivity index (χ4v) is 4.41. The first-order valence-electron chi connectivity index (χ1n) is 10.1. The summed E-state index contributed by atoms with van der Waals surface area (Å²) in [7, 11) is 0. The fraction of sp³-hybridized carbons (Fsp3) is 0.818. The van der Waals surface area contributed by atoms with Gasteiger partial charge in [-0.25, -0.2) is 0 Å². The molecule has 0 heterocycles. The molecule has 1 rings (SSSR count). The van der Waals surface area contributed by atoms with Crippen molar-refractivity contribution in [3.05, 3.63) is 24.3 Å². The highest BCUT2D eigenvalue weighted by Crippen LogP contribution is 2.50. The molecular formula is C22H40N. The summed E-state index contributed by atoms with van der Waals surface area (Å²) in [4.78, 5) is 0. The lowest BCUT2D eigenvalue weighted by Crippen LogP contribution is -2.58. The van der Waals surface area contributed by atoms with Crippen LogP contribution < -0.4 is 5.73 Å². The van der Waals surface area contributed by atoms with Gasteiger partial charge in [0.05, 0.1) is 0 Å². The molecule has 1 nitrogen and oxygen atoms in total. The average molecular weight is 319 g/mol. The van der Waals surface area contributed by atoms with E-state index in [0.29, 0.717) is 5.92 Å². The van der Waals surface area contributed by atoms with E-state index in [0.717, 1.165) is 19.3 Å². The molecule has 0 saturated heterocycles. The Morgan fingerprint density at radius 3 is 2.09 bits per heavy atom. The second-order valence-electron chi connectivity index (χ2n) is 7.71. The third-order valence-electron chi connectivity index (χ3n) is 5.98. The van der Waals surface area contributed by atoms with Crippen molar-refractivity contribution in [1.29, 1.82) is 0 Å². The van der Waals surface area contributed by atoms with Crippen LogP contribution >= 0.6 is 0 Å². The summed E-state index contributed by atoms with van der Waals surface area (Å²) in [6.07, 6.45) is 23.7. The molecule has 0 amide bonds. The largest absolute Gasteiger partial charge is 0.324 e. The smallest absolute Gasteiger partial charge is 0.0252 e. The topological polar surface area (TPSA) is 26.0 Å². The summed E-state index contributed by atoms with van der Waals surface area (Å²) in [5.74, 6) is 0.623. The van der Waals surface area contributed by atoms with Gasteiger partial charge in [-0.2, -0.15) is 0 Å². The number of rotatable bonds is 12. The van der Waals surface area contributed by atoms with Crippen LogP contribution in [0.5, 0.6) is 0 Å². The van der Waals surface area contributed by atoms with Gasteiger partial charge >= 0.3 is 0 Å². The van der Waals surface area contributed by atoms with Crippen LogP contribution in [0.3, 0.4) is 0 Å². The van der Waals surface area contributed by atoms with Gasteiger partial charge < -0.3 is 5.73 Å². The van der Waals surface area contributed by atoms with Crippen LogP contribution in [-0.2, 0) is 0 Å². The van der Waals surface area contributed by atoms with E-state index in [9.17, 15) is 0 Å². The summed E-state index contributed by atoms with van der Waals surface area (Å²) in [5, 5.41) is 0. The number of nitrogens with two attached hydrogens (primary N) is 1. The molecule has 2 N–H and O–H groups in total. The molecule has 2 atom stereocenters. The third-order valence-corrected chi connectivity index (χ3v) is 5.98.